The summed E-state index contributed by atoms with van der Waals surface area (Å²) in [6.07, 6.45) is -10.3. The highest BCUT2D eigenvalue weighted by Crippen LogP contribution is 2.35. The zero-order chi connectivity index (χ0) is 36.7. The maximum absolute atomic E-state index is 12.2. The number of rotatable bonds is 16. The third-order valence-corrected chi connectivity index (χ3v) is 6.40. The van der Waals surface area contributed by atoms with Gasteiger partial charge in [-0.2, -0.15) is 12.6 Å². The van der Waals surface area contributed by atoms with Crippen molar-refractivity contribution in [1.82, 2.24) is 10.6 Å². The number of nitrogens with two attached hydrogens (primary N) is 1. The zero-order valence-electron chi connectivity index (χ0n) is 26.9. The normalized spacial score (nSPS) is 20.4. The van der Waals surface area contributed by atoms with Gasteiger partial charge in [0.1, 0.15) is 25.4 Å². The Hall–Kier alpha value is -4.89. The number of benzene rings is 1. The summed E-state index contributed by atoms with van der Waals surface area (Å²) in [4.78, 5) is 82.7. The number of ether oxygens (including phenoxy) is 8. The van der Waals surface area contributed by atoms with Crippen LogP contribution < -0.4 is 21.1 Å². The first-order chi connectivity index (χ1) is 23.1. The van der Waals surface area contributed by atoms with Crippen LogP contribution in [0.25, 0.3) is 0 Å². The molecule has 4 N–H and O–H groups in total. The van der Waals surface area contributed by atoms with Crippen LogP contribution in [0, 0.1) is 10.1 Å². The second-order valence-corrected chi connectivity index (χ2v) is 10.6. The summed E-state index contributed by atoms with van der Waals surface area (Å²) in [7, 11) is 0. The van der Waals surface area contributed by atoms with Crippen LogP contribution in [0.4, 0.5) is 15.3 Å². The second kappa shape index (κ2) is 19.8. The van der Waals surface area contributed by atoms with Crippen molar-refractivity contribution < 1.29 is 71.6 Å². The van der Waals surface area contributed by atoms with E-state index in [2.05, 4.69) is 23.3 Å². The molecule has 20 nitrogen and oxygen atoms in total. The number of alkyl carbamates (subject to hydrolysis) is 2. The Morgan fingerprint density at radius 1 is 0.918 bits per heavy atom. The molecular weight excluding hydrogens is 680 g/mol. The molecule has 1 aliphatic rings. The fourth-order valence-corrected chi connectivity index (χ4v) is 4.34. The molecule has 0 aromatic heterocycles. The highest BCUT2D eigenvalue weighted by atomic mass is 32.1. The van der Waals surface area contributed by atoms with E-state index in [4.69, 9.17) is 43.6 Å². The van der Waals surface area contributed by atoms with Crippen molar-refractivity contribution in [3.63, 3.8) is 0 Å². The van der Waals surface area contributed by atoms with Crippen LogP contribution in [0.1, 0.15) is 33.3 Å². The van der Waals surface area contributed by atoms with Crippen LogP contribution in [-0.2, 0) is 58.9 Å². The average molecular weight is 719 g/mol. The van der Waals surface area contributed by atoms with Crippen molar-refractivity contribution >= 4 is 54.4 Å². The van der Waals surface area contributed by atoms with E-state index >= 15 is 0 Å². The number of nitrogens with zero attached hydrogens (tertiary/aromatic N) is 1. The van der Waals surface area contributed by atoms with Crippen molar-refractivity contribution in [2.45, 2.75) is 71.1 Å². The van der Waals surface area contributed by atoms with E-state index in [0.29, 0.717) is 5.75 Å². The quantitative estimate of drug-likeness (QED) is 0.0587. The van der Waals surface area contributed by atoms with Gasteiger partial charge in [-0.3, -0.25) is 29.3 Å². The van der Waals surface area contributed by atoms with Gasteiger partial charge in [0.2, 0.25) is 12.4 Å². The molecule has 1 aromatic rings. The zero-order valence-corrected chi connectivity index (χ0v) is 27.8. The van der Waals surface area contributed by atoms with E-state index in [1.165, 1.54) is 6.07 Å². The molecule has 1 fully saturated rings. The number of hydrogen-bond donors (Lipinski definition) is 4. The number of amides is 2. The van der Waals surface area contributed by atoms with Crippen LogP contribution >= 0.6 is 12.6 Å². The van der Waals surface area contributed by atoms with E-state index in [9.17, 15) is 38.9 Å². The molecule has 2 amide bonds. The smallest absolute Gasteiger partial charge is 0.407 e. The minimum atomic E-state index is -1.73. The van der Waals surface area contributed by atoms with Gasteiger partial charge in [0.25, 0.3) is 0 Å². The summed E-state index contributed by atoms with van der Waals surface area (Å²) in [6, 6.07) is 3.49. The third-order valence-electron chi connectivity index (χ3n) is 6.17. The van der Waals surface area contributed by atoms with E-state index < -0.39 is 102 Å². The van der Waals surface area contributed by atoms with Gasteiger partial charge in [0, 0.05) is 52.6 Å². The largest absolute Gasteiger partial charge is 0.463 e. The minimum absolute atomic E-state index is 0.109. The Labute approximate surface area is 285 Å². The number of hydrogen-bond acceptors (Lipinski definition) is 18. The molecule has 272 valence electrons. The summed E-state index contributed by atoms with van der Waals surface area (Å²) < 4.78 is 42.7. The molecule has 0 aliphatic carbocycles. The molecule has 1 heterocycles. The summed E-state index contributed by atoms with van der Waals surface area (Å²) in [6.45, 7) is 3.17. The first-order valence-corrected chi connectivity index (χ1v) is 15.2. The summed E-state index contributed by atoms with van der Waals surface area (Å²) in [5, 5.41) is 16.8. The van der Waals surface area contributed by atoms with Crippen molar-refractivity contribution in [3.8, 4) is 5.75 Å². The minimum Gasteiger partial charge on any atom is -0.463 e. The molecule has 49 heavy (non-hydrogen) atoms. The number of carbonyl (C=O) groups excluding carboxylic acids is 6. The molecule has 6 atom stereocenters. The fraction of sp³-hybridized carbons (Fsp3) is 0.571. The molecule has 1 aliphatic heterocycles. The topological polar surface area (TPSA) is 269 Å². The number of nitro benzene ring substituents is 1. The molecule has 2 rings (SSSR count). The third kappa shape index (κ3) is 13.6. The van der Waals surface area contributed by atoms with Crippen LogP contribution in [-0.4, -0.2) is 110 Å². The Balaban J connectivity index is 2.27. The molecule has 21 heteroatoms. The summed E-state index contributed by atoms with van der Waals surface area (Å²) in [5.74, 6) is -3.41. The number of esters is 4. The molecule has 0 saturated carbocycles. The van der Waals surface area contributed by atoms with Crippen LogP contribution in [0.3, 0.4) is 0 Å². The summed E-state index contributed by atoms with van der Waals surface area (Å²) in [5.41, 5.74) is 5.07. The van der Waals surface area contributed by atoms with E-state index in [1.54, 1.807) is 0 Å². The number of carbonyl (C=O) groups is 6. The van der Waals surface area contributed by atoms with Crippen LogP contribution in [0.2, 0.25) is 0 Å². The Bertz CT molecular complexity index is 1360. The predicted octanol–water partition coefficient (Wildman–Crippen LogP) is 0.266. The van der Waals surface area contributed by atoms with Crippen LogP contribution in [0.5, 0.6) is 5.75 Å². The highest BCUT2D eigenvalue weighted by molar-refractivity contribution is 7.80. The lowest BCUT2D eigenvalue weighted by molar-refractivity contribution is -0.387. The lowest BCUT2D eigenvalue weighted by atomic mass is 9.98. The lowest BCUT2D eigenvalue weighted by Gasteiger charge is -2.43. The van der Waals surface area contributed by atoms with Gasteiger partial charge >= 0.3 is 41.8 Å². The predicted molar refractivity (Wildman–Crippen MR) is 165 cm³/mol. The molecule has 1 saturated heterocycles. The van der Waals surface area contributed by atoms with E-state index in [1.807, 2.05) is 0 Å². The number of nitrogens with one attached hydrogen (secondary N) is 2. The maximum Gasteiger partial charge on any atom is 0.407 e. The monoisotopic (exact) mass is 718 g/mol. The van der Waals surface area contributed by atoms with Gasteiger partial charge in [-0.15, -0.1) is 0 Å². The Kier molecular flexibility index (Phi) is 16.3. The van der Waals surface area contributed by atoms with E-state index in [-0.39, 0.29) is 25.2 Å². The van der Waals surface area contributed by atoms with Gasteiger partial charge in [0.15, 0.2) is 18.0 Å². The standard InChI is InChI=1S/C28H38N4O16S/c1-14(33)41-13-22-23(43-15(2)34)24(44-16(3)35)25(45-17(4)36)26(48-22)47-21-6-5-18(9-20(21)32(39)40)12-42-27(37)31-11-19(10-29)46-28(38)30-7-8-49/h5-6,9,19,22-26,49H,7-8,10-13,29H2,1-4H3,(H,30,38)(H,31,37)/t19?,22?,23-,24?,25+,26+/m0/s1. The Morgan fingerprint density at radius 2 is 1.55 bits per heavy atom. The van der Waals surface area contributed by atoms with E-state index in [0.717, 1.165) is 39.8 Å². The molecule has 1 aromatic carbocycles. The molecule has 0 radical (unpaired) electrons. The molecule has 0 bridgehead atoms. The lowest BCUT2D eigenvalue weighted by Crippen LogP contribution is -2.63. The fourth-order valence-electron chi connectivity index (χ4n) is 4.22. The SMILES string of the molecule is CC(=O)OCC1O[C@@H](Oc2ccc(COC(=O)NCC(CN)OC(=O)NCCS)cc2[N+](=O)[O-])[C@H](OC(C)=O)C(OC(C)=O)[C@H]1OC(C)=O. The highest BCUT2D eigenvalue weighted by Gasteiger charge is 2.53. The first kappa shape index (κ1) is 40.3. The van der Waals surface area contributed by atoms with Gasteiger partial charge in [-0.05, 0) is 11.6 Å². The van der Waals surface area contributed by atoms with Gasteiger partial charge in [-0.25, -0.2) is 9.59 Å². The van der Waals surface area contributed by atoms with Crippen molar-refractivity contribution in [3.05, 3.63) is 33.9 Å². The van der Waals surface area contributed by atoms with Crippen molar-refractivity contribution in [2.75, 3.05) is 32.0 Å². The summed E-state index contributed by atoms with van der Waals surface area (Å²) >= 11 is 3.96. The van der Waals surface area contributed by atoms with Crippen LogP contribution in [0.15, 0.2) is 18.2 Å². The van der Waals surface area contributed by atoms with Crippen molar-refractivity contribution in [2.24, 2.45) is 5.73 Å². The molecule has 3 unspecified atom stereocenters. The second-order valence-electron chi connectivity index (χ2n) is 10.1. The first-order valence-electron chi connectivity index (χ1n) is 14.6. The van der Waals surface area contributed by atoms with Gasteiger partial charge < -0.3 is 54.3 Å². The Morgan fingerprint density at radius 3 is 2.12 bits per heavy atom. The number of nitro groups is 1. The number of thiol groups is 1. The molecule has 0 spiro atoms. The molecular formula is C28H38N4O16S. The average Bonchev–Trinajstić information content (AvgIpc) is 3.02. The van der Waals surface area contributed by atoms with Crippen molar-refractivity contribution in [1.29, 1.82) is 0 Å². The maximum atomic E-state index is 12.2. The van der Waals surface area contributed by atoms with Gasteiger partial charge in [0.05, 0.1) is 11.5 Å². The van der Waals surface area contributed by atoms with Gasteiger partial charge in [-0.1, -0.05) is 6.07 Å².